The molecule has 0 aliphatic heterocycles. The first-order chi connectivity index (χ1) is 7.18. The maximum absolute atomic E-state index is 9.29. The van der Waals surface area contributed by atoms with E-state index < -0.39 is 0 Å². The Labute approximate surface area is 88.2 Å². The molecule has 0 saturated carbocycles. The van der Waals surface area contributed by atoms with Crippen molar-refractivity contribution < 1.29 is 5.11 Å². The molecule has 1 aromatic heterocycles. The number of hydrogen-bond acceptors (Lipinski definition) is 3. The van der Waals surface area contributed by atoms with E-state index in [-0.39, 0.29) is 5.75 Å². The standard InChI is InChI=1S/C12H11N2O/c1-8-7-9(15)4-5-10(8)12-11(13)3-2-6-14-12/h2,4-7,15H,13H2,1H3. The van der Waals surface area contributed by atoms with Gasteiger partial charge in [0, 0.05) is 17.8 Å². The summed E-state index contributed by atoms with van der Waals surface area (Å²) in [5.74, 6) is 0.245. The number of hydrogen-bond donors (Lipinski definition) is 2. The first-order valence-corrected chi connectivity index (χ1v) is 4.60. The van der Waals surface area contributed by atoms with Crippen LogP contribution >= 0.6 is 0 Å². The molecule has 75 valence electrons. The van der Waals surface area contributed by atoms with Crippen LogP contribution in [0.4, 0.5) is 5.69 Å². The van der Waals surface area contributed by atoms with E-state index in [1.165, 1.54) is 0 Å². The SMILES string of the molecule is Cc1cc(O)ccc1-c1ncc[c]c1N. The van der Waals surface area contributed by atoms with Gasteiger partial charge in [0.2, 0.25) is 0 Å². The Morgan fingerprint density at radius 2 is 2.20 bits per heavy atom. The second-order valence-electron chi connectivity index (χ2n) is 3.35. The van der Waals surface area contributed by atoms with Crippen LogP contribution in [0.25, 0.3) is 11.3 Å². The number of aromatic nitrogens is 1. The zero-order valence-corrected chi connectivity index (χ0v) is 8.36. The summed E-state index contributed by atoms with van der Waals surface area (Å²) in [6, 6.07) is 9.68. The Morgan fingerprint density at radius 3 is 2.87 bits per heavy atom. The molecule has 1 aromatic carbocycles. The molecule has 1 radical (unpaired) electrons. The molecule has 2 aromatic rings. The average Bonchev–Trinajstić information content (AvgIpc) is 2.20. The van der Waals surface area contributed by atoms with Crippen LogP contribution in [-0.2, 0) is 0 Å². The summed E-state index contributed by atoms with van der Waals surface area (Å²) < 4.78 is 0. The minimum atomic E-state index is 0.245. The molecule has 1 heterocycles. The molecule has 0 bridgehead atoms. The number of phenolic OH excluding ortho intramolecular Hbond substituents is 1. The van der Waals surface area contributed by atoms with E-state index in [1.54, 1.807) is 30.5 Å². The molecule has 0 unspecified atom stereocenters. The molecule has 3 nitrogen and oxygen atoms in total. The number of phenols is 1. The van der Waals surface area contributed by atoms with Gasteiger partial charge in [-0.3, -0.25) is 4.98 Å². The van der Waals surface area contributed by atoms with Crippen LogP contribution in [0.15, 0.2) is 30.5 Å². The number of rotatable bonds is 1. The molecular formula is C12H11N2O. The highest BCUT2D eigenvalue weighted by atomic mass is 16.3. The maximum Gasteiger partial charge on any atom is 0.115 e. The van der Waals surface area contributed by atoms with Crippen molar-refractivity contribution in [2.45, 2.75) is 6.92 Å². The first kappa shape index (κ1) is 9.52. The van der Waals surface area contributed by atoms with Gasteiger partial charge in [-0.25, -0.2) is 0 Å². The predicted octanol–water partition coefficient (Wildman–Crippen LogP) is 2.15. The first-order valence-electron chi connectivity index (χ1n) is 4.60. The van der Waals surface area contributed by atoms with Crippen LogP contribution in [0.1, 0.15) is 5.56 Å². The number of benzene rings is 1. The lowest BCUT2D eigenvalue weighted by Crippen LogP contribution is -1.94. The molecule has 3 N–H and O–H groups in total. The smallest absolute Gasteiger partial charge is 0.115 e. The minimum Gasteiger partial charge on any atom is -0.508 e. The van der Waals surface area contributed by atoms with E-state index >= 15 is 0 Å². The fraction of sp³-hybridized carbons (Fsp3) is 0.0833. The fourth-order valence-corrected chi connectivity index (χ4v) is 1.50. The second-order valence-corrected chi connectivity index (χ2v) is 3.35. The molecule has 0 aliphatic rings. The van der Waals surface area contributed by atoms with E-state index in [4.69, 9.17) is 5.73 Å². The largest absolute Gasteiger partial charge is 0.508 e. The van der Waals surface area contributed by atoms with Gasteiger partial charge in [0.15, 0.2) is 0 Å². The molecule has 15 heavy (non-hydrogen) atoms. The highest BCUT2D eigenvalue weighted by Crippen LogP contribution is 2.28. The van der Waals surface area contributed by atoms with Gasteiger partial charge < -0.3 is 10.8 Å². The third kappa shape index (κ3) is 1.76. The Hall–Kier alpha value is -2.03. The van der Waals surface area contributed by atoms with Crippen molar-refractivity contribution in [3.05, 3.63) is 42.1 Å². The molecular weight excluding hydrogens is 188 g/mol. The minimum absolute atomic E-state index is 0.245. The van der Waals surface area contributed by atoms with Crippen LogP contribution in [0.3, 0.4) is 0 Å². The summed E-state index contributed by atoms with van der Waals surface area (Å²) in [4.78, 5) is 4.20. The van der Waals surface area contributed by atoms with Crippen LogP contribution in [-0.4, -0.2) is 10.1 Å². The molecule has 0 saturated heterocycles. The summed E-state index contributed by atoms with van der Waals surface area (Å²) >= 11 is 0. The molecule has 0 atom stereocenters. The lowest BCUT2D eigenvalue weighted by Gasteiger charge is -2.07. The van der Waals surface area contributed by atoms with Gasteiger partial charge in [-0.05, 0) is 36.8 Å². The van der Waals surface area contributed by atoms with Gasteiger partial charge in [0.1, 0.15) is 5.75 Å². The number of aryl methyl sites for hydroxylation is 1. The van der Waals surface area contributed by atoms with Crippen molar-refractivity contribution in [2.75, 3.05) is 5.73 Å². The van der Waals surface area contributed by atoms with E-state index in [2.05, 4.69) is 11.1 Å². The Bertz CT molecular complexity index is 495. The molecule has 3 heteroatoms. The topological polar surface area (TPSA) is 59.1 Å². The van der Waals surface area contributed by atoms with Crippen LogP contribution in [0.5, 0.6) is 5.75 Å². The van der Waals surface area contributed by atoms with E-state index in [9.17, 15) is 5.11 Å². The highest BCUT2D eigenvalue weighted by molar-refractivity contribution is 5.74. The second kappa shape index (κ2) is 3.61. The fourth-order valence-electron chi connectivity index (χ4n) is 1.50. The normalized spacial score (nSPS) is 10.2. The molecule has 0 amide bonds. The third-order valence-corrected chi connectivity index (χ3v) is 2.24. The summed E-state index contributed by atoms with van der Waals surface area (Å²) in [7, 11) is 0. The van der Waals surface area contributed by atoms with Gasteiger partial charge in [-0.2, -0.15) is 0 Å². The van der Waals surface area contributed by atoms with Crippen molar-refractivity contribution >= 4 is 5.69 Å². The van der Waals surface area contributed by atoms with Crippen molar-refractivity contribution in [1.29, 1.82) is 0 Å². The Balaban J connectivity index is 2.60. The van der Waals surface area contributed by atoms with E-state index in [1.807, 2.05) is 6.92 Å². The van der Waals surface area contributed by atoms with Gasteiger partial charge in [0.05, 0.1) is 11.4 Å². The summed E-state index contributed by atoms with van der Waals surface area (Å²) in [6.07, 6.45) is 1.65. The molecule has 2 rings (SSSR count). The van der Waals surface area contributed by atoms with E-state index in [0.717, 1.165) is 11.1 Å². The number of anilines is 1. The average molecular weight is 199 g/mol. The van der Waals surface area contributed by atoms with Gasteiger partial charge in [-0.15, -0.1) is 0 Å². The zero-order chi connectivity index (χ0) is 10.8. The molecule has 0 spiro atoms. The number of nitrogens with zero attached hydrogens (tertiary/aromatic N) is 1. The summed E-state index contributed by atoms with van der Waals surface area (Å²) in [6.45, 7) is 1.91. The summed E-state index contributed by atoms with van der Waals surface area (Å²) in [5.41, 5.74) is 8.86. The van der Waals surface area contributed by atoms with Crippen molar-refractivity contribution in [1.82, 2.24) is 4.98 Å². The molecule has 0 fully saturated rings. The van der Waals surface area contributed by atoms with Gasteiger partial charge >= 0.3 is 0 Å². The number of aromatic hydroxyl groups is 1. The maximum atomic E-state index is 9.29. The number of nitrogens with two attached hydrogens (primary N) is 1. The van der Waals surface area contributed by atoms with Crippen molar-refractivity contribution in [3.63, 3.8) is 0 Å². The highest BCUT2D eigenvalue weighted by Gasteiger charge is 2.06. The lowest BCUT2D eigenvalue weighted by molar-refractivity contribution is 0.475. The number of nitrogen functional groups attached to an aromatic ring is 1. The Kier molecular flexibility index (Phi) is 2.29. The zero-order valence-electron chi connectivity index (χ0n) is 8.36. The van der Waals surface area contributed by atoms with Gasteiger partial charge in [-0.1, -0.05) is 0 Å². The van der Waals surface area contributed by atoms with Crippen LogP contribution in [0.2, 0.25) is 0 Å². The monoisotopic (exact) mass is 199 g/mol. The Morgan fingerprint density at radius 1 is 1.40 bits per heavy atom. The van der Waals surface area contributed by atoms with E-state index in [0.29, 0.717) is 11.4 Å². The quantitative estimate of drug-likeness (QED) is 0.739. The van der Waals surface area contributed by atoms with Crippen molar-refractivity contribution in [2.24, 2.45) is 0 Å². The van der Waals surface area contributed by atoms with Crippen LogP contribution in [0, 0.1) is 13.0 Å². The van der Waals surface area contributed by atoms with Crippen molar-refractivity contribution in [3.8, 4) is 17.0 Å². The third-order valence-electron chi connectivity index (χ3n) is 2.24. The number of pyridine rings is 1. The van der Waals surface area contributed by atoms with Gasteiger partial charge in [0.25, 0.3) is 0 Å². The predicted molar refractivity (Wildman–Crippen MR) is 59.3 cm³/mol. The molecule has 0 aliphatic carbocycles. The summed E-state index contributed by atoms with van der Waals surface area (Å²) in [5, 5.41) is 9.29. The lowest BCUT2D eigenvalue weighted by atomic mass is 10.0. The van der Waals surface area contributed by atoms with Crippen LogP contribution < -0.4 is 5.73 Å².